The number of hydrogen-bond acceptors (Lipinski definition) is 2. The van der Waals surface area contributed by atoms with Crippen molar-refractivity contribution < 1.29 is 18.3 Å². The van der Waals surface area contributed by atoms with Crippen molar-refractivity contribution in [3.8, 4) is 0 Å². The van der Waals surface area contributed by atoms with Gasteiger partial charge in [0.1, 0.15) is 0 Å². The van der Waals surface area contributed by atoms with Gasteiger partial charge in [-0.15, -0.1) is 11.8 Å². The van der Waals surface area contributed by atoms with Crippen molar-refractivity contribution >= 4 is 27.7 Å². The van der Waals surface area contributed by atoms with Gasteiger partial charge in [0.2, 0.25) is 0 Å². The number of thioether (sulfide) groups is 1. The molecular weight excluding hydrogens is 329 g/mol. The van der Waals surface area contributed by atoms with Crippen molar-refractivity contribution in [3.63, 3.8) is 0 Å². The number of aliphatic hydroxyl groups is 1. The first-order valence-corrected chi connectivity index (χ1v) is 7.52. The second-order valence-electron chi connectivity index (χ2n) is 4.67. The molecule has 2 aliphatic carbocycles. The molecule has 0 aromatic rings. The minimum absolute atomic E-state index is 0.104. The third kappa shape index (κ3) is 3.54. The molecule has 0 saturated heterocycles. The van der Waals surface area contributed by atoms with Crippen LogP contribution < -0.4 is 0 Å². The maximum Gasteiger partial charge on any atom is 0.396 e. The molecule has 0 heterocycles. The summed E-state index contributed by atoms with van der Waals surface area (Å²) < 4.78 is 39.7. The van der Waals surface area contributed by atoms with Crippen molar-refractivity contribution in [2.24, 2.45) is 5.92 Å². The van der Waals surface area contributed by atoms with Gasteiger partial charge in [0, 0.05) is 9.73 Å². The summed E-state index contributed by atoms with van der Waals surface area (Å²) in [5.41, 5.74) is 0. The number of alkyl halides is 3. The van der Waals surface area contributed by atoms with Crippen LogP contribution in [-0.4, -0.2) is 22.6 Å². The van der Waals surface area contributed by atoms with Gasteiger partial charge in [0.25, 0.3) is 0 Å². The van der Waals surface area contributed by atoms with Crippen LogP contribution >= 0.6 is 27.7 Å². The Morgan fingerprint density at radius 2 is 2.00 bits per heavy atom. The highest BCUT2D eigenvalue weighted by molar-refractivity contribution is 9.11. The van der Waals surface area contributed by atoms with Gasteiger partial charge in [-0.25, -0.2) is 0 Å². The van der Waals surface area contributed by atoms with Crippen LogP contribution in [0.15, 0.2) is 21.5 Å². The normalized spacial score (nSPS) is 33.3. The molecule has 0 spiro atoms. The Kier molecular flexibility index (Phi) is 4.49. The average Bonchev–Trinajstić information content (AvgIpc) is 2.36. The lowest BCUT2D eigenvalue weighted by Gasteiger charge is -2.33. The molecule has 1 nitrogen and oxygen atoms in total. The molecule has 6 heteroatoms. The summed E-state index contributed by atoms with van der Waals surface area (Å²) in [4.78, 5) is 0.375. The lowest BCUT2D eigenvalue weighted by Crippen LogP contribution is -2.32. The fourth-order valence-corrected chi connectivity index (χ4v) is 4.35. The van der Waals surface area contributed by atoms with E-state index in [1.807, 2.05) is 0 Å². The number of aliphatic hydroxyl groups excluding tert-OH is 1. The standard InChI is InChI=1S/C12H14BrF3OS/c13-7-2-1-3-10(12(14,15)16)11(4-7)18-9-5-8(17)6-9/h2,4,8-10,17H,1,3,5-6H2. The van der Waals surface area contributed by atoms with Crippen molar-refractivity contribution in [2.75, 3.05) is 0 Å². The maximum absolute atomic E-state index is 13.0. The SMILES string of the molecule is OC1CC(SC2=CC(Br)=CCCC2C(F)(F)F)C1. The minimum Gasteiger partial charge on any atom is -0.393 e. The van der Waals surface area contributed by atoms with Gasteiger partial charge in [-0.3, -0.25) is 0 Å². The Labute approximate surface area is 117 Å². The highest BCUT2D eigenvalue weighted by Crippen LogP contribution is 2.47. The van der Waals surface area contributed by atoms with E-state index in [0.717, 1.165) is 4.48 Å². The molecule has 18 heavy (non-hydrogen) atoms. The zero-order chi connectivity index (χ0) is 13.3. The van der Waals surface area contributed by atoms with E-state index in [-0.39, 0.29) is 17.8 Å². The number of hydrogen-bond donors (Lipinski definition) is 1. The van der Waals surface area contributed by atoms with Gasteiger partial charge >= 0.3 is 6.18 Å². The first-order chi connectivity index (χ1) is 8.36. The Bertz CT molecular complexity index is 372. The van der Waals surface area contributed by atoms with Crippen molar-refractivity contribution in [3.05, 3.63) is 21.5 Å². The van der Waals surface area contributed by atoms with Crippen LogP contribution in [0.4, 0.5) is 13.2 Å². The fourth-order valence-electron chi connectivity index (χ4n) is 2.09. The van der Waals surface area contributed by atoms with Crippen LogP contribution in [0, 0.1) is 5.92 Å². The van der Waals surface area contributed by atoms with Gasteiger partial charge < -0.3 is 5.11 Å². The zero-order valence-corrected chi connectivity index (χ0v) is 12.0. The predicted molar refractivity (Wildman–Crippen MR) is 70.5 cm³/mol. The van der Waals surface area contributed by atoms with Crippen LogP contribution in [0.3, 0.4) is 0 Å². The molecule has 0 amide bonds. The third-order valence-electron chi connectivity index (χ3n) is 3.19. The topological polar surface area (TPSA) is 20.2 Å². The van der Waals surface area contributed by atoms with Crippen molar-refractivity contribution in [1.82, 2.24) is 0 Å². The van der Waals surface area contributed by atoms with Gasteiger partial charge in [0.05, 0.1) is 12.0 Å². The predicted octanol–water partition coefficient (Wildman–Crippen LogP) is 4.38. The molecule has 0 aliphatic heterocycles. The second kappa shape index (κ2) is 5.59. The summed E-state index contributed by atoms with van der Waals surface area (Å²) in [5.74, 6) is -1.37. The highest BCUT2D eigenvalue weighted by Gasteiger charge is 2.43. The first-order valence-electron chi connectivity index (χ1n) is 5.85. The quantitative estimate of drug-likeness (QED) is 0.803. The largest absolute Gasteiger partial charge is 0.396 e. The highest BCUT2D eigenvalue weighted by atomic mass is 79.9. The summed E-state index contributed by atoms with van der Waals surface area (Å²) in [6.45, 7) is 0. The van der Waals surface area contributed by atoms with E-state index in [9.17, 15) is 18.3 Å². The molecule has 0 aromatic heterocycles. The van der Waals surface area contributed by atoms with Crippen LogP contribution in [-0.2, 0) is 0 Å². The van der Waals surface area contributed by atoms with Crippen LogP contribution in [0.1, 0.15) is 25.7 Å². The molecule has 1 atom stereocenters. The summed E-state index contributed by atoms with van der Waals surface area (Å²) in [6.07, 6.45) is 0.555. The molecule has 0 aromatic carbocycles. The zero-order valence-electron chi connectivity index (χ0n) is 9.58. The van der Waals surface area contributed by atoms with E-state index < -0.39 is 12.1 Å². The summed E-state index contributed by atoms with van der Waals surface area (Å²) in [6, 6.07) is 0. The smallest absolute Gasteiger partial charge is 0.393 e. The molecule has 2 rings (SSSR count). The number of halogens is 4. The number of rotatable bonds is 2. The van der Waals surface area contributed by atoms with Gasteiger partial charge in [-0.1, -0.05) is 22.0 Å². The Morgan fingerprint density at radius 1 is 1.33 bits per heavy atom. The Morgan fingerprint density at radius 3 is 2.56 bits per heavy atom. The summed E-state index contributed by atoms with van der Waals surface area (Å²) in [5, 5.41) is 9.33. The van der Waals surface area contributed by atoms with Gasteiger partial charge in [-0.2, -0.15) is 13.2 Å². The van der Waals surface area contributed by atoms with E-state index in [0.29, 0.717) is 24.2 Å². The molecule has 2 aliphatic rings. The van der Waals surface area contributed by atoms with E-state index in [1.54, 1.807) is 12.2 Å². The van der Waals surface area contributed by atoms with E-state index in [4.69, 9.17) is 0 Å². The molecule has 1 saturated carbocycles. The average molecular weight is 343 g/mol. The lowest BCUT2D eigenvalue weighted by atomic mass is 9.96. The monoisotopic (exact) mass is 342 g/mol. The fraction of sp³-hybridized carbons (Fsp3) is 0.667. The molecule has 1 N–H and O–H groups in total. The Hall–Kier alpha value is 0.0600. The van der Waals surface area contributed by atoms with Crippen LogP contribution in [0.2, 0.25) is 0 Å². The van der Waals surface area contributed by atoms with Crippen molar-refractivity contribution in [1.29, 1.82) is 0 Å². The summed E-state index contributed by atoms with van der Waals surface area (Å²) in [7, 11) is 0. The van der Waals surface area contributed by atoms with Crippen LogP contribution in [0.5, 0.6) is 0 Å². The molecule has 1 unspecified atom stereocenters. The second-order valence-corrected chi connectivity index (χ2v) is 6.96. The molecule has 102 valence electrons. The molecular formula is C12H14BrF3OS. The van der Waals surface area contributed by atoms with Crippen LogP contribution in [0.25, 0.3) is 0 Å². The first kappa shape index (κ1) is 14.5. The van der Waals surface area contributed by atoms with Gasteiger partial charge in [-0.05, 0) is 36.7 Å². The molecule has 1 fully saturated rings. The lowest BCUT2D eigenvalue weighted by molar-refractivity contribution is -0.163. The van der Waals surface area contributed by atoms with Gasteiger partial charge in [0.15, 0.2) is 0 Å². The number of allylic oxidation sites excluding steroid dienone is 4. The third-order valence-corrected chi connectivity index (χ3v) is 5.13. The molecule has 0 radical (unpaired) electrons. The van der Waals surface area contributed by atoms with E-state index >= 15 is 0 Å². The summed E-state index contributed by atoms with van der Waals surface area (Å²) >= 11 is 4.54. The Balaban J connectivity index is 2.11. The van der Waals surface area contributed by atoms with E-state index in [1.165, 1.54) is 11.8 Å². The minimum atomic E-state index is -4.19. The maximum atomic E-state index is 13.0. The van der Waals surface area contributed by atoms with Crippen molar-refractivity contribution in [2.45, 2.75) is 43.2 Å². The van der Waals surface area contributed by atoms with E-state index in [2.05, 4.69) is 15.9 Å². The molecule has 0 bridgehead atoms.